The lowest BCUT2D eigenvalue weighted by Crippen LogP contribution is -2.15. The van der Waals surface area contributed by atoms with E-state index in [-0.39, 0.29) is 0 Å². The first kappa shape index (κ1) is 17.9. The third kappa shape index (κ3) is 5.04. The van der Waals surface area contributed by atoms with Crippen LogP contribution in [-0.2, 0) is 6.42 Å². The van der Waals surface area contributed by atoms with Crippen LogP contribution in [0.5, 0.6) is 5.75 Å². The Hall–Kier alpha value is -1.90. The fourth-order valence-electron chi connectivity index (χ4n) is 3.97. The van der Waals surface area contributed by atoms with E-state index in [4.69, 9.17) is 4.74 Å². The summed E-state index contributed by atoms with van der Waals surface area (Å²) in [7, 11) is 1.68. The smallest absolute Gasteiger partial charge is 0.128 e. The maximum absolute atomic E-state index is 5.20. The van der Waals surface area contributed by atoms with Crippen molar-refractivity contribution in [1.82, 2.24) is 9.97 Å². The summed E-state index contributed by atoms with van der Waals surface area (Å²) in [5.41, 5.74) is 2.19. The van der Waals surface area contributed by atoms with E-state index in [9.17, 15) is 0 Å². The molecular formula is C22H30N2O. The second kappa shape index (κ2) is 8.98. The predicted molar refractivity (Wildman–Crippen MR) is 103 cm³/mol. The number of nitrogens with zero attached hydrogens (tertiary/aromatic N) is 2. The summed E-state index contributed by atoms with van der Waals surface area (Å²) >= 11 is 0. The SMILES string of the molecule is CCCC1CCC(CCc2ncc(-c3ccc(OC)cc3)cn2)CC1. The van der Waals surface area contributed by atoms with Gasteiger partial charge in [0.05, 0.1) is 7.11 Å². The number of aryl methyl sites for hydroxylation is 1. The maximum Gasteiger partial charge on any atom is 0.128 e. The lowest BCUT2D eigenvalue weighted by atomic mass is 9.78. The minimum absolute atomic E-state index is 0.870. The topological polar surface area (TPSA) is 35.0 Å². The van der Waals surface area contributed by atoms with Gasteiger partial charge in [0.15, 0.2) is 0 Å². The van der Waals surface area contributed by atoms with Gasteiger partial charge in [-0.1, -0.05) is 57.6 Å². The first-order valence-electron chi connectivity index (χ1n) is 9.73. The van der Waals surface area contributed by atoms with E-state index in [1.165, 1.54) is 44.9 Å². The molecule has 3 heteroatoms. The van der Waals surface area contributed by atoms with E-state index in [1.54, 1.807) is 7.11 Å². The van der Waals surface area contributed by atoms with Crippen LogP contribution in [0.3, 0.4) is 0 Å². The largest absolute Gasteiger partial charge is 0.497 e. The zero-order chi connectivity index (χ0) is 17.5. The lowest BCUT2D eigenvalue weighted by molar-refractivity contribution is 0.251. The standard InChI is InChI=1S/C22H30N2O/c1-3-4-17-5-7-18(8-6-17)9-14-22-23-15-20(16-24-22)19-10-12-21(25-2)13-11-19/h10-13,15-18H,3-9,14H2,1-2H3. The van der Waals surface area contributed by atoms with Crippen LogP contribution < -0.4 is 4.74 Å². The monoisotopic (exact) mass is 338 g/mol. The fourth-order valence-corrected chi connectivity index (χ4v) is 3.97. The summed E-state index contributed by atoms with van der Waals surface area (Å²) in [4.78, 5) is 9.17. The van der Waals surface area contributed by atoms with Gasteiger partial charge in [-0.3, -0.25) is 0 Å². The van der Waals surface area contributed by atoms with E-state index >= 15 is 0 Å². The van der Waals surface area contributed by atoms with Crippen molar-refractivity contribution in [2.45, 2.75) is 58.3 Å². The molecule has 1 aliphatic rings. The average Bonchev–Trinajstić information content (AvgIpc) is 2.68. The summed E-state index contributed by atoms with van der Waals surface area (Å²) in [6.07, 6.45) is 14.5. The molecule has 3 nitrogen and oxygen atoms in total. The van der Waals surface area contributed by atoms with Crippen LogP contribution >= 0.6 is 0 Å². The molecule has 0 bridgehead atoms. The van der Waals surface area contributed by atoms with Gasteiger partial charge in [-0.2, -0.15) is 0 Å². The molecule has 1 heterocycles. The molecule has 0 radical (unpaired) electrons. The Labute approximate surface area is 151 Å². The number of hydrogen-bond donors (Lipinski definition) is 0. The summed E-state index contributed by atoms with van der Waals surface area (Å²) in [6.45, 7) is 2.30. The van der Waals surface area contributed by atoms with Gasteiger partial charge in [0.2, 0.25) is 0 Å². The van der Waals surface area contributed by atoms with Crippen LogP contribution in [0.15, 0.2) is 36.7 Å². The third-order valence-corrected chi connectivity index (χ3v) is 5.57. The van der Waals surface area contributed by atoms with E-state index in [2.05, 4.69) is 16.9 Å². The molecule has 0 atom stereocenters. The third-order valence-electron chi connectivity index (χ3n) is 5.57. The molecule has 134 valence electrons. The maximum atomic E-state index is 5.20. The molecule has 1 aliphatic carbocycles. The Bertz CT molecular complexity index is 628. The quantitative estimate of drug-likeness (QED) is 0.650. The fraction of sp³-hybridized carbons (Fsp3) is 0.545. The highest BCUT2D eigenvalue weighted by molar-refractivity contribution is 5.62. The van der Waals surface area contributed by atoms with Gasteiger partial charge in [-0.15, -0.1) is 0 Å². The van der Waals surface area contributed by atoms with Crippen molar-refractivity contribution < 1.29 is 4.74 Å². The van der Waals surface area contributed by atoms with Gasteiger partial charge in [-0.05, 0) is 36.0 Å². The number of methoxy groups -OCH3 is 1. The molecule has 0 amide bonds. The number of benzene rings is 1. The van der Waals surface area contributed by atoms with Crippen LogP contribution in [-0.4, -0.2) is 17.1 Å². The molecule has 0 saturated heterocycles. The van der Waals surface area contributed by atoms with Crippen molar-refractivity contribution in [2.75, 3.05) is 7.11 Å². The molecule has 0 unspecified atom stereocenters. The summed E-state index contributed by atoms with van der Waals surface area (Å²) in [6, 6.07) is 8.04. The summed E-state index contributed by atoms with van der Waals surface area (Å²) in [5.74, 6) is 3.71. The molecule has 1 aromatic carbocycles. The molecule has 3 rings (SSSR count). The molecule has 0 aliphatic heterocycles. The van der Waals surface area contributed by atoms with Crippen molar-refractivity contribution in [3.05, 3.63) is 42.5 Å². The molecule has 25 heavy (non-hydrogen) atoms. The number of rotatable bonds is 7. The average molecular weight is 338 g/mol. The van der Waals surface area contributed by atoms with Crippen molar-refractivity contribution >= 4 is 0 Å². The Morgan fingerprint density at radius 2 is 1.48 bits per heavy atom. The molecule has 1 aromatic heterocycles. The molecule has 2 aromatic rings. The molecule has 1 saturated carbocycles. The van der Waals surface area contributed by atoms with Crippen LogP contribution in [0.25, 0.3) is 11.1 Å². The van der Waals surface area contributed by atoms with Crippen molar-refractivity contribution in [1.29, 1.82) is 0 Å². The Kier molecular flexibility index (Phi) is 6.43. The summed E-state index contributed by atoms with van der Waals surface area (Å²) < 4.78 is 5.20. The molecule has 0 spiro atoms. The second-order valence-corrected chi connectivity index (χ2v) is 7.33. The van der Waals surface area contributed by atoms with Gasteiger partial charge >= 0.3 is 0 Å². The molecule has 1 fully saturated rings. The Balaban J connectivity index is 1.49. The normalized spacial score (nSPS) is 20.4. The van der Waals surface area contributed by atoms with Gasteiger partial charge < -0.3 is 4.74 Å². The van der Waals surface area contributed by atoms with E-state index in [0.717, 1.165) is 41.0 Å². The van der Waals surface area contributed by atoms with Crippen LogP contribution in [0.4, 0.5) is 0 Å². The second-order valence-electron chi connectivity index (χ2n) is 7.33. The first-order chi connectivity index (χ1) is 12.3. The van der Waals surface area contributed by atoms with Gasteiger partial charge in [0.25, 0.3) is 0 Å². The highest BCUT2D eigenvalue weighted by Crippen LogP contribution is 2.33. The zero-order valence-corrected chi connectivity index (χ0v) is 15.6. The van der Waals surface area contributed by atoms with Crippen molar-refractivity contribution in [3.63, 3.8) is 0 Å². The van der Waals surface area contributed by atoms with Gasteiger partial charge in [0, 0.05) is 24.4 Å². The summed E-state index contributed by atoms with van der Waals surface area (Å²) in [5, 5.41) is 0. The van der Waals surface area contributed by atoms with E-state index < -0.39 is 0 Å². The number of hydrogen-bond acceptors (Lipinski definition) is 3. The van der Waals surface area contributed by atoms with Crippen LogP contribution in [0, 0.1) is 11.8 Å². The molecular weight excluding hydrogens is 308 g/mol. The predicted octanol–water partition coefficient (Wildman–Crippen LogP) is 5.69. The van der Waals surface area contributed by atoms with Crippen molar-refractivity contribution in [3.8, 4) is 16.9 Å². The minimum atomic E-state index is 0.870. The van der Waals surface area contributed by atoms with Gasteiger partial charge in [-0.25, -0.2) is 9.97 Å². The highest BCUT2D eigenvalue weighted by atomic mass is 16.5. The number of ether oxygens (including phenoxy) is 1. The highest BCUT2D eigenvalue weighted by Gasteiger charge is 2.20. The minimum Gasteiger partial charge on any atom is -0.497 e. The number of aromatic nitrogens is 2. The zero-order valence-electron chi connectivity index (χ0n) is 15.6. The molecule has 0 N–H and O–H groups in total. The van der Waals surface area contributed by atoms with E-state index in [1.807, 2.05) is 36.7 Å². The Morgan fingerprint density at radius 3 is 2.04 bits per heavy atom. The lowest BCUT2D eigenvalue weighted by Gasteiger charge is -2.28. The van der Waals surface area contributed by atoms with Gasteiger partial charge in [0.1, 0.15) is 11.6 Å². The van der Waals surface area contributed by atoms with Crippen LogP contribution in [0.1, 0.15) is 57.7 Å². The Morgan fingerprint density at radius 1 is 0.880 bits per heavy atom. The van der Waals surface area contributed by atoms with Crippen molar-refractivity contribution in [2.24, 2.45) is 11.8 Å². The van der Waals surface area contributed by atoms with E-state index in [0.29, 0.717) is 0 Å². The van der Waals surface area contributed by atoms with Crippen LogP contribution in [0.2, 0.25) is 0 Å². The first-order valence-corrected chi connectivity index (χ1v) is 9.73.